The van der Waals surface area contributed by atoms with Crippen LogP contribution in [0, 0.1) is 0 Å². The lowest BCUT2D eigenvalue weighted by atomic mass is 10.3. The summed E-state index contributed by atoms with van der Waals surface area (Å²) in [5.41, 5.74) is 1.55. The lowest BCUT2D eigenvalue weighted by Crippen LogP contribution is -2.40. The van der Waals surface area contributed by atoms with Gasteiger partial charge in [0.1, 0.15) is 0 Å². The lowest BCUT2D eigenvalue weighted by molar-refractivity contribution is 0.0730. The highest BCUT2D eigenvalue weighted by Crippen LogP contribution is 2.22. The molecule has 9 heteroatoms. The van der Waals surface area contributed by atoms with Crippen molar-refractivity contribution in [3.63, 3.8) is 0 Å². The fourth-order valence-electron chi connectivity index (χ4n) is 2.49. The van der Waals surface area contributed by atoms with Crippen molar-refractivity contribution in [1.82, 2.24) is 4.31 Å². The van der Waals surface area contributed by atoms with Crippen LogP contribution in [0.15, 0.2) is 57.9 Å². The third-order valence-corrected chi connectivity index (χ3v) is 6.65. The fourth-order valence-corrected chi connectivity index (χ4v) is 4.51. The number of benzene rings is 2. The maximum atomic E-state index is 12.6. The second-order valence-electron chi connectivity index (χ2n) is 5.60. The molecule has 1 saturated heterocycles. The van der Waals surface area contributed by atoms with E-state index in [4.69, 9.17) is 17.0 Å². The van der Waals surface area contributed by atoms with E-state index in [0.29, 0.717) is 37.1 Å². The molecule has 2 aromatic carbocycles. The second-order valence-corrected chi connectivity index (χ2v) is 8.80. The van der Waals surface area contributed by atoms with E-state index in [0.717, 1.165) is 10.2 Å². The number of nitrogens with zero attached hydrogens (tertiary/aromatic N) is 1. The number of sulfonamides is 1. The second kappa shape index (κ2) is 8.45. The molecule has 0 radical (unpaired) electrons. The van der Waals surface area contributed by atoms with E-state index < -0.39 is 10.0 Å². The Hall–Kier alpha value is -1.52. The molecular weight excluding hydrogens is 438 g/mol. The van der Waals surface area contributed by atoms with E-state index in [1.165, 1.54) is 4.31 Å². The van der Waals surface area contributed by atoms with E-state index in [2.05, 4.69) is 26.6 Å². The molecule has 0 aromatic heterocycles. The highest BCUT2D eigenvalue weighted by Gasteiger charge is 2.26. The first-order chi connectivity index (χ1) is 12.5. The number of morpholine rings is 1. The molecule has 1 fully saturated rings. The summed E-state index contributed by atoms with van der Waals surface area (Å²) in [6.07, 6.45) is 0. The normalized spacial score (nSPS) is 15.4. The molecule has 26 heavy (non-hydrogen) atoms. The van der Waals surface area contributed by atoms with Crippen LogP contribution in [-0.4, -0.2) is 44.1 Å². The molecule has 3 rings (SSSR count). The average Bonchev–Trinajstić information content (AvgIpc) is 2.65. The quantitative estimate of drug-likeness (QED) is 0.689. The third-order valence-electron chi connectivity index (χ3n) is 3.84. The number of thiocarbonyl (C=S) groups is 1. The summed E-state index contributed by atoms with van der Waals surface area (Å²) >= 11 is 8.75. The van der Waals surface area contributed by atoms with E-state index in [1.54, 1.807) is 24.3 Å². The first-order valence-corrected chi connectivity index (χ1v) is 10.6. The van der Waals surface area contributed by atoms with Gasteiger partial charge in [-0.2, -0.15) is 4.31 Å². The molecule has 0 unspecified atom stereocenters. The van der Waals surface area contributed by atoms with Crippen molar-refractivity contribution in [2.24, 2.45) is 0 Å². The number of anilines is 2. The zero-order chi connectivity index (χ0) is 18.6. The number of halogens is 1. The topological polar surface area (TPSA) is 70.7 Å². The maximum Gasteiger partial charge on any atom is 0.243 e. The average molecular weight is 456 g/mol. The molecule has 0 spiro atoms. The standard InChI is InChI=1S/C17H18BrN3O3S2/c18-15-3-1-2-4-16(15)20-17(25)19-13-5-7-14(8-6-13)26(22,23)21-9-11-24-12-10-21/h1-8H,9-12H2,(H2,19,20,25). The molecular formula is C17H18BrN3O3S2. The summed E-state index contributed by atoms with van der Waals surface area (Å²) in [5, 5.41) is 6.55. The Kier molecular flexibility index (Phi) is 6.25. The van der Waals surface area contributed by atoms with Gasteiger partial charge in [-0.25, -0.2) is 8.42 Å². The SMILES string of the molecule is O=S(=O)(c1ccc(NC(=S)Nc2ccccc2Br)cc1)N1CCOCC1. The molecule has 6 nitrogen and oxygen atoms in total. The highest BCUT2D eigenvalue weighted by atomic mass is 79.9. The van der Waals surface area contributed by atoms with Crippen LogP contribution in [0.4, 0.5) is 11.4 Å². The minimum atomic E-state index is -3.49. The molecule has 2 aromatic rings. The minimum absolute atomic E-state index is 0.259. The molecule has 0 atom stereocenters. The molecule has 1 aliphatic heterocycles. The largest absolute Gasteiger partial charge is 0.379 e. The fraction of sp³-hybridized carbons (Fsp3) is 0.235. The van der Waals surface area contributed by atoms with Gasteiger partial charge < -0.3 is 15.4 Å². The predicted octanol–water partition coefficient (Wildman–Crippen LogP) is 3.28. The van der Waals surface area contributed by atoms with E-state index in [-0.39, 0.29) is 4.90 Å². The summed E-state index contributed by atoms with van der Waals surface area (Å²) in [5.74, 6) is 0. The maximum absolute atomic E-state index is 12.6. The van der Waals surface area contributed by atoms with Crippen molar-refractivity contribution in [2.75, 3.05) is 36.9 Å². The monoisotopic (exact) mass is 455 g/mol. The summed E-state index contributed by atoms with van der Waals surface area (Å²) in [6.45, 7) is 1.60. The smallest absolute Gasteiger partial charge is 0.243 e. The Balaban J connectivity index is 1.66. The van der Waals surface area contributed by atoms with Crippen molar-refractivity contribution in [3.8, 4) is 0 Å². The van der Waals surface area contributed by atoms with Gasteiger partial charge in [0, 0.05) is 23.2 Å². The van der Waals surface area contributed by atoms with Crippen LogP contribution < -0.4 is 10.6 Å². The van der Waals surface area contributed by atoms with E-state index in [9.17, 15) is 8.42 Å². The van der Waals surface area contributed by atoms with Gasteiger partial charge in [-0.3, -0.25) is 0 Å². The van der Waals surface area contributed by atoms with Crippen LogP contribution in [0.25, 0.3) is 0 Å². The van der Waals surface area contributed by atoms with E-state index in [1.807, 2.05) is 24.3 Å². The molecule has 0 amide bonds. The zero-order valence-corrected chi connectivity index (χ0v) is 17.0. The number of ether oxygens (including phenoxy) is 1. The minimum Gasteiger partial charge on any atom is -0.379 e. The van der Waals surface area contributed by atoms with Gasteiger partial charge in [0.05, 0.1) is 23.8 Å². The van der Waals surface area contributed by atoms with Crippen molar-refractivity contribution >= 4 is 54.7 Å². The molecule has 0 saturated carbocycles. The first-order valence-electron chi connectivity index (χ1n) is 7.97. The zero-order valence-electron chi connectivity index (χ0n) is 13.8. The van der Waals surface area contributed by atoms with Gasteiger partial charge in [0.25, 0.3) is 0 Å². The predicted molar refractivity (Wildman–Crippen MR) is 110 cm³/mol. The molecule has 138 valence electrons. The van der Waals surface area contributed by atoms with Gasteiger partial charge in [-0.05, 0) is 64.5 Å². The van der Waals surface area contributed by atoms with Crippen LogP contribution in [0.5, 0.6) is 0 Å². The van der Waals surface area contributed by atoms with Gasteiger partial charge in [-0.15, -0.1) is 0 Å². The van der Waals surface area contributed by atoms with Crippen LogP contribution >= 0.6 is 28.1 Å². The lowest BCUT2D eigenvalue weighted by Gasteiger charge is -2.26. The Morgan fingerprint density at radius 3 is 2.35 bits per heavy atom. The Labute approximate surface area is 166 Å². The molecule has 1 heterocycles. The number of rotatable bonds is 4. The van der Waals surface area contributed by atoms with Crippen molar-refractivity contribution < 1.29 is 13.2 Å². The highest BCUT2D eigenvalue weighted by molar-refractivity contribution is 9.10. The van der Waals surface area contributed by atoms with Crippen molar-refractivity contribution in [1.29, 1.82) is 0 Å². The number of para-hydroxylation sites is 1. The number of nitrogens with one attached hydrogen (secondary N) is 2. The van der Waals surface area contributed by atoms with Crippen LogP contribution in [-0.2, 0) is 14.8 Å². The Morgan fingerprint density at radius 1 is 1.04 bits per heavy atom. The first kappa shape index (κ1) is 19.2. The third kappa shape index (κ3) is 4.60. The number of hydrogen-bond acceptors (Lipinski definition) is 4. The molecule has 1 aliphatic rings. The van der Waals surface area contributed by atoms with E-state index >= 15 is 0 Å². The van der Waals surface area contributed by atoms with Crippen molar-refractivity contribution in [2.45, 2.75) is 4.90 Å². The summed E-state index contributed by atoms with van der Waals surface area (Å²) in [6, 6.07) is 14.2. The Morgan fingerprint density at radius 2 is 1.69 bits per heavy atom. The van der Waals surface area contributed by atoms with Crippen LogP contribution in [0.2, 0.25) is 0 Å². The number of hydrogen-bond donors (Lipinski definition) is 2. The van der Waals surface area contributed by atoms with Gasteiger partial charge >= 0.3 is 0 Å². The summed E-state index contributed by atoms with van der Waals surface area (Å²) in [7, 11) is -3.49. The molecule has 0 aliphatic carbocycles. The Bertz CT molecular complexity index is 882. The van der Waals surface area contributed by atoms with Crippen LogP contribution in [0.1, 0.15) is 0 Å². The van der Waals surface area contributed by atoms with Crippen molar-refractivity contribution in [3.05, 3.63) is 53.0 Å². The molecule has 2 N–H and O–H groups in total. The van der Waals surface area contributed by atoms with Gasteiger partial charge in [0.15, 0.2) is 5.11 Å². The van der Waals surface area contributed by atoms with Gasteiger partial charge in [-0.1, -0.05) is 12.1 Å². The summed E-state index contributed by atoms with van der Waals surface area (Å²) < 4.78 is 32.8. The molecule has 0 bridgehead atoms. The van der Waals surface area contributed by atoms with Crippen LogP contribution in [0.3, 0.4) is 0 Å². The summed E-state index contributed by atoms with van der Waals surface area (Å²) in [4.78, 5) is 0.259. The van der Waals surface area contributed by atoms with Gasteiger partial charge in [0.2, 0.25) is 10.0 Å².